The van der Waals surface area contributed by atoms with Gasteiger partial charge in [-0.3, -0.25) is 10.3 Å². The zero-order valence-electron chi connectivity index (χ0n) is 21.1. The van der Waals surface area contributed by atoms with Crippen LogP contribution in [0, 0.1) is 0 Å². The van der Waals surface area contributed by atoms with Crippen LogP contribution in [0.5, 0.6) is 17.2 Å². The number of hydrazine groups is 1. The minimum atomic E-state index is -0.0524. The molecule has 7 nitrogen and oxygen atoms in total. The first-order valence-electron chi connectivity index (χ1n) is 12.8. The third-order valence-electron chi connectivity index (χ3n) is 7.37. The summed E-state index contributed by atoms with van der Waals surface area (Å²) in [6.07, 6.45) is 0. The van der Waals surface area contributed by atoms with E-state index in [2.05, 4.69) is 70.0 Å². The van der Waals surface area contributed by atoms with Crippen molar-refractivity contribution >= 4 is 5.69 Å². The fraction of sp³-hybridized carbons (Fsp3) is 0.379. The highest BCUT2D eigenvalue weighted by molar-refractivity contribution is 5.46. The molecule has 7 heteroatoms. The van der Waals surface area contributed by atoms with Gasteiger partial charge in [0.1, 0.15) is 23.9 Å². The minimum absolute atomic E-state index is 0.0524. The van der Waals surface area contributed by atoms with Crippen molar-refractivity contribution < 1.29 is 14.6 Å². The number of piperazine rings is 1. The first kappa shape index (κ1) is 24.4. The molecule has 3 unspecified atom stereocenters. The van der Waals surface area contributed by atoms with Crippen LogP contribution in [-0.2, 0) is 0 Å². The van der Waals surface area contributed by atoms with Gasteiger partial charge in [-0.1, -0.05) is 36.4 Å². The van der Waals surface area contributed by atoms with Gasteiger partial charge >= 0.3 is 0 Å². The van der Waals surface area contributed by atoms with Gasteiger partial charge in [-0.05, 0) is 42.8 Å². The van der Waals surface area contributed by atoms with Gasteiger partial charge in [-0.2, -0.15) is 0 Å². The predicted molar refractivity (Wildman–Crippen MR) is 143 cm³/mol. The van der Waals surface area contributed by atoms with Crippen molar-refractivity contribution in [3.05, 3.63) is 83.9 Å². The Morgan fingerprint density at radius 2 is 1.61 bits per heavy atom. The summed E-state index contributed by atoms with van der Waals surface area (Å²) < 4.78 is 11.3. The summed E-state index contributed by atoms with van der Waals surface area (Å²) in [5, 5.41) is 10.9. The number of hydrogen-bond acceptors (Lipinski definition) is 7. The maximum Gasteiger partial charge on any atom is 0.124 e. The number of nitrogens with zero attached hydrogens (tertiary/aromatic N) is 2. The molecule has 5 rings (SSSR count). The quantitative estimate of drug-likeness (QED) is 0.444. The third-order valence-corrected chi connectivity index (χ3v) is 7.37. The monoisotopic (exact) mass is 488 g/mol. The lowest BCUT2D eigenvalue weighted by Crippen LogP contribution is -2.47. The molecule has 0 spiro atoms. The Labute approximate surface area is 213 Å². The summed E-state index contributed by atoms with van der Waals surface area (Å²) in [5.74, 6) is 1.95. The van der Waals surface area contributed by atoms with Crippen molar-refractivity contribution in [1.29, 1.82) is 0 Å². The number of anilines is 1. The van der Waals surface area contributed by atoms with Gasteiger partial charge in [0.15, 0.2) is 0 Å². The number of aromatic hydroxyl groups is 1. The van der Waals surface area contributed by atoms with Crippen molar-refractivity contribution in [3.63, 3.8) is 0 Å². The second-order valence-electron chi connectivity index (χ2n) is 9.59. The van der Waals surface area contributed by atoms with Crippen LogP contribution in [0.1, 0.15) is 30.0 Å². The van der Waals surface area contributed by atoms with E-state index >= 15 is 0 Å². The number of phenols is 1. The summed E-state index contributed by atoms with van der Waals surface area (Å²) in [4.78, 5) is 4.86. The molecule has 0 bridgehead atoms. The van der Waals surface area contributed by atoms with Crippen LogP contribution in [-0.4, -0.2) is 62.5 Å². The van der Waals surface area contributed by atoms with Crippen molar-refractivity contribution in [2.45, 2.75) is 24.9 Å². The minimum Gasteiger partial charge on any atom is -0.507 e. The van der Waals surface area contributed by atoms with Crippen LogP contribution < -0.4 is 25.2 Å². The first-order chi connectivity index (χ1) is 17.6. The molecule has 0 amide bonds. The number of benzene rings is 3. The van der Waals surface area contributed by atoms with E-state index in [9.17, 15) is 5.11 Å². The highest BCUT2D eigenvalue weighted by atomic mass is 16.5. The zero-order chi connectivity index (χ0) is 24.9. The average Bonchev–Trinajstić information content (AvgIpc) is 3.30. The topological polar surface area (TPSA) is 69.2 Å². The van der Waals surface area contributed by atoms with E-state index in [1.807, 2.05) is 24.3 Å². The van der Waals surface area contributed by atoms with Crippen molar-refractivity contribution in [2.24, 2.45) is 0 Å². The Morgan fingerprint density at radius 1 is 0.889 bits per heavy atom. The van der Waals surface area contributed by atoms with Gasteiger partial charge in [0.2, 0.25) is 0 Å². The van der Waals surface area contributed by atoms with Crippen LogP contribution in [0.3, 0.4) is 0 Å². The Morgan fingerprint density at radius 3 is 2.31 bits per heavy atom. The van der Waals surface area contributed by atoms with E-state index in [1.165, 1.54) is 11.3 Å². The Kier molecular flexibility index (Phi) is 7.60. The molecule has 3 atom stereocenters. The summed E-state index contributed by atoms with van der Waals surface area (Å²) in [6.45, 7) is 7.71. The molecule has 0 radical (unpaired) electrons. The fourth-order valence-corrected chi connectivity index (χ4v) is 5.31. The van der Waals surface area contributed by atoms with Gasteiger partial charge in [0.25, 0.3) is 0 Å². The number of hydrogen-bond donors (Lipinski definition) is 3. The zero-order valence-corrected chi connectivity index (χ0v) is 21.1. The van der Waals surface area contributed by atoms with Crippen LogP contribution in [0.15, 0.2) is 72.8 Å². The Hall–Kier alpha value is -3.26. The molecular weight excluding hydrogens is 452 g/mol. The first-order valence-corrected chi connectivity index (χ1v) is 12.8. The maximum atomic E-state index is 10.9. The number of nitrogens with one attached hydrogen (secondary N) is 2. The van der Waals surface area contributed by atoms with Gasteiger partial charge in [-0.25, -0.2) is 5.43 Å². The fourth-order valence-electron chi connectivity index (χ4n) is 5.31. The van der Waals surface area contributed by atoms with E-state index in [-0.39, 0.29) is 23.8 Å². The van der Waals surface area contributed by atoms with Gasteiger partial charge in [0.05, 0.1) is 13.2 Å². The van der Waals surface area contributed by atoms with E-state index in [0.29, 0.717) is 12.4 Å². The predicted octanol–water partition coefficient (Wildman–Crippen LogP) is 3.92. The molecule has 0 saturated carbocycles. The van der Waals surface area contributed by atoms with E-state index < -0.39 is 0 Å². The molecule has 2 aliphatic heterocycles. The Bertz CT molecular complexity index is 1120. The molecule has 3 aromatic carbocycles. The van der Waals surface area contributed by atoms with Crippen molar-refractivity contribution in [1.82, 2.24) is 15.8 Å². The molecule has 3 aromatic rings. The molecule has 0 aliphatic carbocycles. The molecule has 2 aliphatic rings. The normalized spacial score (nSPS) is 22.5. The second-order valence-corrected chi connectivity index (χ2v) is 9.59. The van der Waals surface area contributed by atoms with E-state index in [1.54, 1.807) is 13.2 Å². The standard InChI is InChI=1S/C29H36N4O3/c1-21-28(22-8-10-24(35-2)11-9-22)29(31-30-21)26-13-12-25(20-27(26)34)36-19-18-32-14-16-33(17-15-32)23-6-4-3-5-7-23/h3-13,20-21,28-31,34H,14-19H2,1-2H3. The smallest absolute Gasteiger partial charge is 0.124 e. The lowest BCUT2D eigenvalue weighted by molar-refractivity contribution is 0.200. The number of rotatable bonds is 8. The number of para-hydroxylation sites is 1. The molecule has 0 aromatic heterocycles. The van der Waals surface area contributed by atoms with Gasteiger partial charge in [0, 0.05) is 62.0 Å². The number of phenolic OH excluding ortho intramolecular Hbond substituents is 1. The summed E-state index contributed by atoms with van der Waals surface area (Å²) in [5.41, 5.74) is 10.0. The van der Waals surface area contributed by atoms with Crippen LogP contribution in [0.2, 0.25) is 0 Å². The van der Waals surface area contributed by atoms with Crippen LogP contribution in [0.4, 0.5) is 5.69 Å². The molecule has 3 N–H and O–H groups in total. The summed E-state index contributed by atoms with van der Waals surface area (Å²) in [6, 6.07) is 24.6. The van der Waals surface area contributed by atoms with Crippen LogP contribution >= 0.6 is 0 Å². The summed E-state index contributed by atoms with van der Waals surface area (Å²) in [7, 11) is 1.67. The average molecular weight is 489 g/mol. The number of ether oxygens (including phenoxy) is 2. The van der Waals surface area contributed by atoms with E-state index in [4.69, 9.17) is 9.47 Å². The SMILES string of the molecule is COc1ccc(C2C(C)NNC2c2ccc(OCCN3CCN(c4ccccc4)CC3)cc2O)cc1. The molecule has 2 fully saturated rings. The van der Waals surface area contributed by atoms with Gasteiger partial charge in [-0.15, -0.1) is 0 Å². The molecule has 2 heterocycles. The second kappa shape index (κ2) is 11.2. The largest absolute Gasteiger partial charge is 0.507 e. The molecule has 2 saturated heterocycles. The molecular formula is C29H36N4O3. The van der Waals surface area contributed by atoms with Crippen molar-refractivity contribution in [2.75, 3.05) is 51.3 Å². The highest BCUT2D eigenvalue weighted by Gasteiger charge is 2.36. The summed E-state index contributed by atoms with van der Waals surface area (Å²) >= 11 is 0. The van der Waals surface area contributed by atoms with E-state index in [0.717, 1.165) is 44.0 Å². The molecule has 36 heavy (non-hydrogen) atoms. The van der Waals surface area contributed by atoms with Crippen LogP contribution in [0.25, 0.3) is 0 Å². The maximum absolute atomic E-state index is 10.9. The van der Waals surface area contributed by atoms with Gasteiger partial charge < -0.3 is 19.5 Å². The molecule has 190 valence electrons. The van der Waals surface area contributed by atoms with Crippen molar-refractivity contribution in [3.8, 4) is 17.2 Å². The lowest BCUT2D eigenvalue weighted by atomic mass is 9.84. The lowest BCUT2D eigenvalue weighted by Gasteiger charge is -2.36. The Balaban J connectivity index is 1.15. The number of methoxy groups -OCH3 is 1. The highest BCUT2D eigenvalue weighted by Crippen LogP contribution is 2.41. The third kappa shape index (κ3) is 5.43.